The van der Waals surface area contributed by atoms with Gasteiger partial charge in [-0.05, 0) is 23.1 Å². The molecule has 0 spiro atoms. The molecule has 1 heterocycles. The first-order valence-corrected chi connectivity index (χ1v) is 5.09. The third-order valence-electron chi connectivity index (χ3n) is 2.66. The van der Waals surface area contributed by atoms with Crippen molar-refractivity contribution in [2.45, 2.75) is 26.2 Å². The average Bonchev–Trinajstić information content (AvgIpc) is 2.55. The van der Waals surface area contributed by atoms with E-state index in [-0.39, 0.29) is 0 Å². The van der Waals surface area contributed by atoms with E-state index in [0.29, 0.717) is 11.8 Å². The monoisotopic (exact) mass is 198 g/mol. The van der Waals surface area contributed by atoms with Gasteiger partial charge in [0.25, 0.3) is 0 Å². The Morgan fingerprint density at radius 1 is 1.47 bits per heavy atom. The lowest BCUT2D eigenvalue weighted by Crippen LogP contribution is -2.09. The lowest BCUT2D eigenvalue weighted by Gasteiger charge is -2.12. The molecule has 2 nitrogen and oxygen atoms in total. The molecule has 2 heteroatoms. The van der Waals surface area contributed by atoms with E-state index in [1.807, 2.05) is 12.1 Å². The Morgan fingerprint density at radius 2 is 2.20 bits per heavy atom. The molecule has 1 aromatic rings. The van der Waals surface area contributed by atoms with Crippen molar-refractivity contribution >= 4 is 11.5 Å². The van der Waals surface area contributed by atoms with Crippen LogP contribution in [0.1, 0.15) is 36.5 Å². The van der Waals surface area contributed by atoms with E-state index in [9.17, 15) is 0 Å². The Hall–Kier alpha value is -1.75. The second kappa shape index (κ2) is 3.43. The highest BCUT2D eigenvalue weighted by Crippen LogP contribution is 2.36. The molecule has 0 saturated carbocycles. The van der Waals surface area contributed by atoms with Gasteiger partial charge in [-0.15, -0.1) is 6.42 Å². The fourth-order valence-electron chi connectivity index (χ4n) is 2.02. The van der Waals surface area contributed by atoms with E-state index in [0.717, 1.165) is 23.2 Å². The summed E-state index contributed by atoms with van der Waals surface area (Å²) in [6.45, 7) is 4.25. The highest BCUT2D eigenvalue weighted by Gasteiger charge is 2.19. The number of nitrogens with two attached hydrogens (primary N) is 1. The first kappa shape index (κ1) is 9.79. The predicted molar refractivity (Wildman–Crippen MR) is 63.5 cm³/mol. The molecule has 1 aliphatic heterocycles. The third kappa shape index (κ3) is 1.50. The maximum Gasteiger partial charge on any atom is 0.104 e. The van der Waals surface area contributed by atoms with Crippen molar-refractivity contribution < 1.29 is 0 Å². The summed E-state index contributed by atoms with van der Waals surface area (Å²) in [5, 5.41) is 0. The fourth-order valence-corrected chi connectivity index (χ4v) is 2.02. The van der Waals surface area contributed by atoms with Crippen LogP contribution in [0.5, 0.6) is 0 Å². The molecular weight excluding hydrogens is 184 g/mol. The first-order valence-electron chi connectivity index (χ1n) is 5.09. The summed E-state index contributed by atoms with van der Waals surface area (Å²) in [5.74, 6) is 3.77. The zero-order valence-electron chi connectivity index (χ0n) is 9.04. The minimum atomic E-state index is 0.376. The molecule has 2 N–H and O–H groups in total. The zero-order chi connectivity index (χ0) is 11.0. The van der Waals surface area contributed by atoms with Crippen molar-refractivity contribution in [2.24, 2.45) is 10.7 Å². The number of fused-ring (bicyclic) bond motifs is 1. The van der Waals surface area contributed by atoms with Gasteiger partial charge in [-0.3, -0.25) is 0 Å². The lowest BCUT2D eigenvalue weighted by atomic mass is 9.93. The van der Waals surface area contributed by atoms with Gasteiger partial charge in [-0.2, -0.15) is 0 Å². The molecule has 0 radical (unpaired) electrons. The third-order valence-corrected chi connectivity index (χ3v) is 2.66. The largest absolute Gasteiger partial charge is 0.387 e. The Balaban J connectivity index is 2.69. The maximum atomic E-state index is 5.74. The van der Waals surface area contributed by atoms with Gasteiger partial charge < -0.3 is 5.73 Å². The molecule has 15 heavy (non-hydrogen) atoms. The number of amidine groups is 1. The van der Waals surface area contributed by atoms with Crippen LogP contribution < -0.4 is 5.73 Å². The summed E-state index contributed by atoms with van der Waals surface area (Å²) < 4.78 is 0. The quantitative estimate of drug-likeness (QED) is 0.691. The van der Waals surface area contributed by atoms with E-state index in [1.54, 1.807) is 0 Å². The van der Waals surface area contributed by atoms with Crippen LogP contribution in [0.4, 0.5) is 5.69 Å². The Kier molecular flexibility index (Phi) is 2.24. The van der Waals surface area contributed by atoms with E-state index in [4.69, 9.17) is 12.2 Å². The van der Waals surface area contributed by atoms with Crippen LogP contribution >= 0.6 is 0 Å². The number of terminal acetylenes is 1. The Morgan fingerprint density at radius 3 is 2.80 bits per heavy atom. The molecule has 0 fully saturated rings. The SMILES string of the molecule is C#Cc1ccc2c(c1C(C)C)N=C(N)C2. The Labute approximate surface area is 90.2 Å². The standard InChI is InChI=1S/C13H14N2/c1-4-9-5-6-10-7-11(14)15-13(10)12(9)8(2)3/h1,5-6,8H,7H2,2-3H3,(H2,14,15). The molecule has 2 rings (SSSR count). The molecule has 0 atom stereocenters. The lowest BCUT2D eigenvalue weighted by molar-refractivity contribution is 0.863. The second-order valence-electron chi connectivity index (χ2n) is 4.11. The molecule has 0 aliphatic carbocycles. The van der Waals surface area contributed by atoms with Gasteiger partial charge >= 0.3 is 0 Å². The van der Waals surface area contributed by atoms with Gasteiger partial charge in [-0.1, -0.05) is 25.8 Å². The van der Waals surface area contributed by atoms with Gasteiger partial charge in [0, 0.05) is 12.0 Å². The van der Waals surface area contributed by atoms with Crippen LogP contribution in [0.15, 0.2) is 17.1 Å². The number of benzene rings is 1. The smallest absolute Gasteiger partial charge is 0.104 e. The first-order chi connectivity index (χ1) is 7.13. The van der Waals surface area contributed by atoms with Crippen molar-refractivity contribution in [3.05, 3.63) is 28.8 Å². The van der Waals surface area contributed by atoms with Gasteiger partial charge in [0.15, 0.2) is 0 Å². The van der Waals surface area contributed by atoms with Crippen molar-refractivity contribution in [3.63, 3.8) is 0 Å². The highest BCUT2D eigenvalue weighted by molar-refractivity contribution is 5.92. The molecule has 76 valence electrons. The maximum absolute atomic E-state index is 5.74. The summed E-state index contributed by atoms with van der Waals surface area (Å²) in [5.41, 5.74) is 10.0. The van der Waals surface area contributed by atoms with Crippen LogP contribution in [-0.4, -0.2) is 5.84 Å². The zero-order valence-corrected chi connectivity index (χ0v) is 9.04. The highest BCUT2D eigenvalue weighted by atomic mass is 14.9. The number of hydrogen-bond donors (Lipinski definition) is 1. The predicted octanol–water partition coefficient (Wildman–Crippen LogP) is 2.34. The van der Waals surface area contributed by atoms with E-state index < -0.39 is 0 Å². The van der Waals surface area contributed by atoms with Gasteiger partial charge in [-0.25, -0.2) is 4.99 Å². The molecule has 0 unspecified atom stereocenters. The summed E-state index contributed by atoms with van der Waals surface area (Å²) in [6.07, 6.45) is 6.24. The van der Waals surface area contributed by atoms with E-state index in [2.05, 4.69) is 24.8 Å². The molecular formula is C13H14N2. The minimum Gasteiger partial charge on any atom is -0.387 e. The van der Waals surface area contributed by atoms with Gasteiger partial charge in [0.1, 0.15) is 5.84 Å². The number of aliphatic imine (C=N–C) groups is 1. The van der Waals surface area contributed by atoms with Crippen LogP contribution in [0.2, 0.25) is 0 Å². The van der Waals surface area contributed by atoms with Crippen molar-refractivity contribution in [3.8, 4) is 12.3 Å². The Bertz CT molecular complexity index is 476. The van der Waals surface area contributed by atoms with E-state index >= 15 is 0 Å². The van der Waals surface area contributed by atoms with E-state index in [1.165, 1.54) is 5.56 Å². The molecule has 0 aromatic heterocycles. The summed E-state index contributed by atoms with van der Waals surface area (Å²) >= 11 is 0. The topological polar surface area (TPSA) is 38.4 Å². The van der Waals surface area contributed by atoms with Crippen molar-refractivity contribution in [1.82, 2.24) is 0 Å². The van der Waals surface area contributed by atoms with Crippen LogP contribution in [-0.2, 0) is 6.42 Å². The molecule has 0 bridgehead atoms. The molecule has 0 amide bonds. The van der Waals surface area contributed by atoms with Crippen LogP contribution in [0.25, 0.3) is 0 Å². The van der Waals surface area contributed by atoms with Gasteiger partial charge in [0.05, 0.1) is 5.69 Å². The van der Waals surface area contributed by atoms with Crippen LogP contribution in [0, 0.1) is 12.3 Å². The van der Waals surface area contributed by atoms with Crippen molar-refractivity contribution in [1.29, 1.82) is 0 Å². The summed E-state index contributed by atoms with van der Waals surface area (Å²) in [6, 6.07) is 4.02. The number of rotatable bonds is 1. The fraction of sp³-hybridized carbons (Fsp3) is 0.308. The van der Waals surface area contributed by atoms with Gasteiger partial charge in [0.2, 0.25) is 0 Å². The molecule has 1 aliphatic rings. The number of nitrogens with zero attached hydrogens (tertiary/aromatic N) is 1. The minimum absolute atomic E-state index is 0.376. The average molecular weight is 198 g/mol. The second-order valence-corrected chi connectivity index (χ2v) is 4.11. The summed E-state index contributed by atoms with van der Waals surface area (Å²) in [4.78, 5) is 4.38. The van der Waals surface area contributed by atoms with Crippen LogP contribution in [0.3, 0.4) is 0 Å². The van der Waals surface area contributed by atoms with Crippen molar-refractivity contribution in [2.75, 3.05) is 0 Å². The molecule has 1 aromatic carbocycles. The summed E-state index contributed by atoms with van der Waals surface area (Å²) in [7, 11) is 0. The molecule has 0 saturated heterocycles. The number of hydrogen-bond acceptors (Lipinski definition) is 2. The normalized spacial score (nSPS) is 13.6.